The topological polar surface area (TPSA) is 119 Å². The van der Waals surface area contributed by atoms with E-state index < -0.39 is 29.4 Å². The molecular formula is C26H26ClF3N6O5S. The van der Waals surface area contributed by atoms with Crippen LogP contribution in [-0.4, -0.2) is 68.1 Å². The van der Waals surface area contributed by atoms with Gasteiger partial charge in [0.15, 0.2) is 11.4 Å². The zero-order chi connectivity index (χ0) is 30.0. The van der Waals surface area contributed by atoms with Crippen molar-refractivity contribution in [1.29, 1.82) is 0 Å². The first-order valence-corrected chi connectivity index (χ1v) is 14.1. The molecule has 2 unspecified atom stereocenters. The quantitative estimate of drug-likeness (QED) is 0.177. The smallest absolute Gasteiger partial charge is 0.470 e. The van der Waals surface area contributed by atoms with E-state index >= 15 is 0 Å². The van der Waals surface area contributed by atoms with Gasteiger partial charge >= 0.3 is 17.5 Å². The van der Waals surface area contributed by atoms with E-state index in [2.05, 4.69) is 19.5 Å². The highest BCUT2D eigenvalue weighted by Gasteiger charge is 2.31. The molecule has 0 spiro atoms. The molecule has 3 heterocycles. The summed E-state index contributed by atoms with van der Waals surface area (Å²) in [6, 6.07) is 11.3. The molecule has 1 N–H and O–H groups in total. The Morgan fingerprint density at radius 2 is 1.81 bits per heavy atom. The number of nitrogens with zero attached hydrogens (tertiary/aromatic N) is 6. The molecule has 0 radical (unpaired) electrons. The lowest BCUT2D eigenvalue weighted by Gasteiger charge is -2.34. The molecule has 0 amide bonds. The number of hydrogen-bond acceptors (Lipinski definition) is 10. The van der Waals surface area contributed by atoms with E-state index in [4.69, 9.17) is 21.3 Å². The summed E-state index contributed by atoms with van der Waals surface area (Å²) in [5.41, 5.74) is 1.68. The van der Waals surface area contributed by atoms with Crippen molar-refractivity contribution < 1.29 is 32.7 Å². The van der Waals surface area contributed by atoms with E-state index in [0.29, 0.717) is 12.3 Å². The fraction of sp³-hybridized carbons (Fsp3) is 0.385. The first kappa shape index (κ1) is 29.8. The number of thiazole rings is 1. The Morgan fingerprint density at radius 3 is 2.43 bits per heavy atom. The number of aromatic nitrogens is 3. The van der Waals surface area contributed by atoms with Crippen molar-refractivity contribution in [2.24, 2.45) is 0 Å². The van der Waals surface area contributed by atoms with Crippen LogP contribution in [0.5, 0.6) is 11.5 Å². The lowest BCUT2D eigenvalue weighted by atomic mass is 10.2. The highest BCUT2D eigenvalue weighted by molar-refractivity contribution is 7.22. The third-order valence-corrected chi connectivity index (χ3v) is 7.90. The number of nitro groups is 1. The molecule has 2 atom stereocenters. The Labute approximate surface area is 246 Å². The molecule has 5 rings (SSSR count). The van der Waals surface area contributed by atoms with Gasteiger partial charge in [-0.2, -0.15) is 0 Å². The molecule has 0 saturated carbocycles. The predicted molar refractivity (Wildman–Crippen MR) is 150 cm³/mol. The number of benzene rings is 2. The van der Waals surface area contributed by atoms with Gasteiger partial charge in [0, 0.05) is 39.1 Å². The molecule has 11 nitrogen and oxygen atoms in total. The predicted octanol–water partition coefficient (Wildman–Crippen LogP) is 5.62. The average molecular weight is 627 g/mol. The maximum atomic E-state index is 12.4. The van der Waals surface area contributed by atoms with Crippen molar-refractivity contribution >= 4 is 44.1 Å². The fourth-order valence-corrected chi connectivity index (χ4v) is 5.86. The average Bonchev–Trinajstić information content (AvgIpc) is 3.52. The fourth-order valence-electron chi connectivity index (χ4n) is 4.57. The minimum atomic E-state index is -4.71. The standard InChI is InChI=1S/C26H26ClF3N6O5S/c1-16(37)12-23(35-15-22(36(38)39)32-24(35)27)40-19-6-7-20-21(13-19)42-25(31-20)34-10-8-33(9-11-34)14-17-2-4-18(5-3-17)41-26(28,29)30/h2-7,13,15-16,23,37H,8-12,14H2,1H3. The van der Waals surface area contributed by atoms with Crippen molar-refractivity contribution in [3.63, 3.8) is 0 Å². The number of rotatable bonds is 10. The molecule has 1 fully saturated rings. The normalized spacial score (nSPS) is 16.0. The summed E-state index contributed by atoms with van der Waals surface area (Å²) in [5, 5.41) is 21.8. The molecule has 4 aromatic rings. The third kappa shape index (κ3) is 7.40. The van der Waals surface area contributed by atoms with Crippen molar-refractivity contribution in [2.45, 2.75) is 38.6 Å². The van der Waals surface area contributed by atoms with E-state index in [0.717, 1.165) is 47.1 Å². The Morgan fingerprint density at radius 1 is 1.12 bits per heavy atom. The van der Waals surface area contributed by atoms with Gasteiger partial charge in [-0.3, -0.25) is 9.47 Å². The van der Waals surface area contributed by atoms with Gasteiger partial charge in [-0.15, -0.1) is 13.2 Å². The number of hydrogen-bond donors (Lipinski definition) is 1. The maximum Gasteiger partial charge on any atom is 0.573 e. The summed E-state index contributed by atoms with van der Waals surface area (Å²) in [6.07, 6.45) is -5.02. The van der Waals surface area contributed by atoms with E-state index in [1.165, 1.54) is 34.2 Å². The number of ether oxygens (including phenoxy) is 2. The molecule has 1 saturated heterocycles. The van der Waals surface area contributed by atoms with Crippen molar-refractivity contribution in [2.75, 3.05) is 31.1 Å². The van der Waals surface area contributed by atoms with Crippen LogP contribution in [0.1, 0.15) is 25.1 Å². The van der Waals surface area contributed by atoms with E-state index in [-0.39, 0.29) is 17.5 Å². The Balaban J connectivity index is 1.22. The van der Waals surface area contributed by atoms with E-state index in [9.17, 15) is 28.4 Å². The van der Waals surface area contributed by atoms with Crippen LogP contribution >= 0.6 is 22.9 Å². The van der Waals surface area contributed by atoms with Crippen LogP contribution in [0.3, 0.4) is 0 Å². The molecule has 2 aromatic heterocycles. The summed E-state index contributed by atoms with van der Waals surface area (Å²) in [7, 11) is 0. The largest absolute Gasteiger partial charge is 0.573 e. The van der Waals surface area contributed by atoms with Gasteiger partial charge in [0.2, 0.25) is 0 Å². The third-order valence-electron chi connectivity index (χ3n) is 6.54. The van der Waals surface area contributed by atoms with Crippen LogP contribution in [0.15, 0.2) is 48.7 Å². The zero-order valence-corrected chi connectivity index (χ0v) is 23.8. The number of anilines is 1. The number of alkyl halides is 3. The molecule has 1 aliphatic rings. The van der Waals surface area contributed by atoms with Gasteiger partial charge in [0.05, 0.1) is 16.3 Å². The number of imidazole rings is 1. The van der Waals surface area contributed by atoms with Crippen LogP contribution < -0.4 is 14.4 Å². The summed E-state index contributed by atoms with van der Waals surface area (Å²) < 4.78 is 49.4. The number of piperazine rings is 1. The van der Waals surface area contributed by atoms with Crippen LogP contribution in [0.4, 0.5) is 24.1 Å². The molecule has 2 aromatic carbocycles. The first-order valence-electron chi connectivity index (χ1n) is 12.9. The molecule has 1 aliphatic heterocycles. The number of aliphatic hydroxyl groups is 1. The molecular weight excluding hydrogens is 601 g/mol. The van der Waals surface area contributed by atoms with Gasteiger partial charge in [-0.1, -0.05) is 23.5 Å². The Hall–Kier alpha value is -3.66. The van der Waals surface area contributed by atoms with Crippen molar-refractivity contribution in [3.8, 4) is 11.5 Å². The zero-order valence-electron chi connectivity index (χ0n) is 22.2. The summed E-state index contributed by atoms with van der Waals surface area (Å²) in [6.45, 7) is 5.16. The van der Waals surface area contributed by atoms with Crippen LogP contribution in [-0.2, 0) is 6.54 Å². The number of fused-ring (bicyclic) bond motifs is 1. The maximum absolute atomic E-state index is 12.4. The SMILES string of the molecule is CC(O)CC(Oc1ccc2nc(N3CCN(Cc4ccc(OC(F)(F)F)cc4)CC3)sc2c1)n1cc([N+](=O)[O-])nc1Cl. The van der Waals surface area contributed by atoms with Crippen LogP contribution in [0.25, 0.3) is 10.2 Å². The van der Waals surface area contributed by atoms with E-state index in [1.807, 2.05) is 12.1 Å². The van der Waals surface area contributed by atoms with Crippen LogP contribution in [0, 0.1) is 10.1 Å². The minimum absolute atomic E-state index is 0.120. The summed E-state index contributed by atoms with van der Waals surface area (Å²) in [4.78, 5) is 23.4. The molecule has 42 heavy (non-hydrogen) atoms. The molecule has 16 heteroatoms. The van der Waals surface area contributed by atoms with Crippen molar-refractivity contribution in [3.05, 3.63) is 69.6 Å². The lowest BCUT2D eigenvalue weighted by Crippen LogP contribution is -2.45. The molecule has 0 aliphatic carbocycles. The highest BCUT2D eigenvalue weighted by Crippen LogP contribution is 2.34. The molecule has 0 bridgehead atoms. The summed E-state index contributed by atoms with van der Waals surface area (Å²) >= 11 is 7.63. The Bertz CT molecular complexity index is 1540. The second kappa shape index (κ2) is 12.3. The Kier molecular flexibility index (Phi) is 8.73. The van der Waals surface area contributed by atoms with Gasteiger partial charge in [0.25, 0.3) is 0 Å². The molecule has 224 valence electrons. The number of halogens is 4. The second-order valence-corrected chi connectivity index (χ2v) is 11.1. The van der Waals surface area contributed by atoms with Gasteiger partial charge in [0.1, 0.15) is 17.7 Å². The lowest BCUT2D eigenvalue weighted by molar-refractivity contribution is -0.389. The first-order chi connectivity index (χ1) is 19.9. The van der Waals surface area contributed by atoms with Gasteiger partial charge < -0.3 is 29.6 Å². The van der Waals surface area contributed by atoms with Gasteiger partial charge in [-0.25, -0.2) is 4.98 Å². The van der Waals surface area contributed by atoms with Crippen molar-refractivity contribution in [1.82, 2.24) is 19.4 Å². The number of aliphatic hydroxyl groups excluding tert-OH is 1. The second-order valence-electron chi connectivity index (χ2n) is 9.77. The van der Waals surface area contributed by atoms with Crippen LogP contribution in [0.2, 0.25) is 5.28 Å². The van der Waals surface area contributed by atoms with E-state index in [1.54, 1.807) is 25.1 Å². The van der Waals surface area contributed by atoms with Gasteiger partial charge in [-0.05, 0) is 64.3 Å². The minimum Gasteiger partial charge on any atom is -0.470 e. The monoisotopic (exact) mass is 626 g/mol. The highest BCUT2D eigenvalue weighted by atomic mass is 35.5. The summed E-state index contributed by atoms with van der Waals surface area (Å²) in [5.74, 6) is -0.184.